The molecule has 2 N–H and O–H groups in total. The van der Waals surface area contributed by atoms with Crippen LogP contribution in [0.1, 0.15) is 31.2 Å². The molecule has 0 aromatic heterocycles. The lowest BCUT2D eigenvalue weighted by molar-refractivity contribution is -0.384. The number of nitrogens with zero attached hydrogens (tertiary/aromatic N) is 2. The van der Waals surface area contributed by atoms with E-state index in [1.807, 2.05) is 12.1 Å². The third kappa shape index (κ3) is 4.02. The van der Waals surface area contributed by atoms with E-state index in [2.05, 4.69) is 4.90 Å². The molecule has 1 unspecified atom stereocenters. The number of likely N-dealkylation sites (tertiary alicyclic amines) is 1. The molecule has 1 fully saturated rings. The average molecular weight is 277 g/mol. The Morgan fingerprint density at radius 2 is 2.05 bits per heavy atom. The average Bonchev–Trinajstić information content (AvgIpc) is 2.47. The van der Waals surface area contributed by atoms with Crippen molar-refractivity contribution < 1.29 is 4.92 Å². The van der Waals surface area contributed by atoms with Gasteiger partial charge >= 0.3 is 0 Å². The lowest BCUT2D eigenvalue weighted by atomic mass is 9.98. The van der Waals surface area contributed by atoms with E-state index in [0.29, 0.717) is 6.04 Å². The van der Waals surface area contributed by atoms with Gasteiger partial charge in [0, 0.05) is 24.7 Å². The predicted molar refractivity (Wildman–Crippen MR) is 79.7 cm³/mol. The van der Waals surface area contributed by atoms with Crippen molar-refractivity contribution in [2.24, 2.45) is 5.73 Å². The molecular weight excluding hydrogens is 254 g/mol. The molecule has 2 rings (SSSR count). The van der Waals surface area contributed by atoms with Crippen molar-refractivity contribution in [3.05, 3.63) is 39.9 Å². The van der Waals surface area contributed by atoms with Gasteiger partial charge in [0.25, 0.3) is 5.69 Å². The first kappa shape index (κ1) is 14.9. The lowest BCUT2D eigenvalue weighted by Gasteiger charge is -2.35. The standard InChI is InChI=1S/C15H23N3O2/c16-10-8-14-3-1-2-11-17(14)12-9-13-4-6-15(7-5-13)18(19)20/h4-7,14H,1-3,8-12,16H2. The smallest absolute Gasteiger partial charge is 0.269 e. The van der Waals surface area contributed by atoms with E-state index in [1.165, 1.54) is 19.3 Å². The SMILES string of the molecule is NCCC1CCCCN1CCc1ccc([N+](=O)[O-])cc1. The minimum Gasteiger partial charge on any atom is -0.330 e. The molecule has 0 saturated carbocycles. The van der Waals surface area contributed by atoms with Crippen LogP contribution < -0.4 is 5.73 Å². The summed E-state index contributed by atoms with van der Waals surface area (Å²) in [5.41, 5.74) is 7.00. The van der Waals surface area contributed by atoms with Crippen LogP contribution in [0.25, 0.3) is 0 Å². The molecule has 5 nitrogen and oxygen atoms in total. The lowest BCUT2D eigenvalue weighted by Crippen LogP contribution is -2.41. The fourth-order valence-corrected chi connectivity index (χ4v) is 2.93. The second kappa shape index (κ2) is 7.36. The number of nitro groups is 1. The first-order valence-corrected chi connectivity index (χ1v) is 7.38. The molecule has 0 amide bonds. The van der Waals surface area contributed by atoms with Gasteiger partial charge in [-0.15, -0.1) is 0 Å². The highest BCUT2D eigenvalue weighted by atomic mass is 16.6. The van der Waals surface area contributed by atoms with E-state index in [9.17, 15) is 10.1 Å². The third-order valence-corrected chi connectivity index (χ3v) is 4.08. The maximum atomic E-state index is 10.6. The van der Waals surface area contributed by atoms with Crippen molar-refractivity contribution in [1.29, 1.82) is 0 Å². The second-order valence-electron chi connectivity index (χ2n) is 5.44. The zero-order valence-corrected chi connectivity index (χ0v) is 11.8. The molecule has 110 valence electrons. The van der Waals surface area contributed by atoms with E-state index in [1.54, 1.807) is 12.1 Å². The Hall–Kier alpha value is -1.46. The summed E-state index contributed by atoms with van der Waals surface area (Å²) in [5.74, 6) is 0. The predicted octanol–water partition coefficient (Wildman–Crippen LogP) is 2.34. The van der Waals surface area contributed by atoms with Crippen LogP contribution in [0.3, 0.4) is 0 Å². The van der Waals surface area contributed by atoms with E-state index in [4.69, 9.17) is 5.73 Å². The van der Waals surface area contributed by atoms with Crippen LogP contribution in [-0.2, 0) is 6.42 Å². The van der Waals surface area contributed by atoms with Crippen LogP contribution >= 0.6 is 0 Å². The second-order valence-corrected chi connectivity index (χ2v) is 5.44. The molecule has 1 aliphatic rings. The first-order valence-electron chi connectivity index (χ1n) is 7.38. The number of benzene rings is 1. The molecule has 0 aliphatic carbocycles. The minimum atomic E-state index is -0.355. The zero-order chi connectivity index (χ0) is 14.4. The van der Waals surface area contributed by atoms with Crippen LogP contribution in [0.5, 0.6) is 0 Å². The van der Waals surface area contributed by atoms with Crippen LogP contribution in [0.2, 0.25) is 0 Å². The van der Waals surface area contributed by atoms with Gasteiger partial charge in [-0.2, -0.15) is 0 Å². The Morgan fingerprint density at radius 1 is 1.30 bits per heavy atom. The van der Waals surface area contributed by atoms with Crippen molar-refractivity contribution in [2.45, 2.75) is 38.1 Å². The number of nitrogens with two attached hydrogens (primary N) is 1. The summed E-state index contributed by atoms with van der Waals surface area (Å²) in [6.45, 7) is 2.92. The molecule has 5 heteroatoms. The zero-order valence-electron chi connectivity index (χ0n) is 11.8. The minimum absolute atomic E-state index is 0.160. The monoisotopic (exact) mass is 277 g/mol. The summed E-state index contributed by atoms with van der Waals surface area (Å²) in [7, 11) is 0. The Labute approximate surface area is 119 Å². The van der Waals surface area contributed by atoms with Crippen molar-refractivity contribution in [3.8, 4) is 0 Å². The maximum absolute atomic E-state index is 10.6. The number of piperidine rings is 1. The summed E-state index contributed by atoms with van der Waals surface area (Å²) in [6.07, 6.45) is 5.83. The molecule has 1 atom stereocenters. The number of hydrogen-bond donors (Lipinski definition) is 1. The Balaban J connectivity index is 1.88. The topological polar surface area (TPSA) is 72.4 Å². The van der Waals surface area contributed by atoms with Crippen LogP contribution in [0.4, 0.5) is 5.69 Å². The number of hydrogen-bond acceptors (Lipinski definition) is 4. The Kier molecular flexibility index (Phi) is 5.49. The number of rotatable bonds is 6. The molecule has 0 spiro atoms. The van der Waals surface area contributed by atoms with E-state index in [-0.39, 0.29) is 10.6 Å². The highest BCUT2D eigenvalue weighted by Crippen LogP contribution is 2.20. The fourth-order valence-electron chi connectivity index (χ4n) is 2.93. The van der Waals surface area contributed by atoms with E-state index >= 15 is 0 Å². The van der Waals surface area contributed by atoms with Crippen molar-refractivity contribution >= 4 is 5.69 Å². The van der Waals surface area contributed by atoms with E-state index < -0.39 is 0 Å². The normalized spacial score (nSPS) is 19.9. The molecule has 1 aromatic rings. The third-order valence-electron chi connectivity index (χ3n) is 4.08. The summed E-state index contributed by atoms with van der Waals surface area (Å²) in [4.78, 5) is 12.8. The summed E-state index contributed by atoms with van der Waals surface area (Å²) >= 11 is 0. The van der Waals surface area contributed by atoms with Gasteiger partial charge in [0.15, 0.2) is 0 Å². The highest BCUT2D eigenvalue weighted by Gasteiger charge is 2.21. The van der Waals surface area contributed by atoms with Gasteiger partial charge < -0.3 is 10.6 Å². The number of nitro benzene ring substituents is 1. The van der Waals surface area contributed by atoms with Crippen molar-refractivity contribution in [2.75, 3.05) is 19.6 Å². The van der Waals surface area contributed by atoms with Gasteiger partial charge in [-0.3, -0.25) is 10.1 Å². The summed E-state index contributed by atoms with van der Waals surface area (Å²) in [6, 6.07) is 7.51. The molecule has 1 aliphatic heterocycles. The fraction of sp³-hybridized carbons (Fsp3) is 0.600. The molecule has 20 heavy (non-hydrogen) atoms. The highest BCUT2D eigenvalue weighted by molar-refractivity contribution is 5.32. The molecule has 1 heterocycles. The van der Waals surface area contributed by atoms with Crippen LogP contribution in [-0.4, -0.2) is 35.5 Å². The van der Waals surface area contributed by atoms with Gasteiger partial charge in [-0.25, -0.2) is 0 Å². The summed E-state index contributed by atoms with van der Waals surface area (Å²) < 4.78 is 0. The Bertz CT molecular complexity index is 431. The quantitative estimate of drug-likeness (QED) is 0.640. The largest absolute Gasteiger partial charge is 0.330 e. The van der Waals surface area contributed by atoms with Crippen LogP contribution in [0, 0.1) is 10.1 Å². The van der Waals surface area contributed by atoms with Gasteiger partial charge in [0.2, 0.25) is 0 Å². The van der Waals surface area contributed by atoms with Gasteiger partial charge in [0.1, 0.15) is 0 Å². The molecule has 0 bridgehead atoms. The molecule has 1 aromatic carbocycles. The van der Waals surface area contributed by atoms with Crippen molar-refractivity contribution in [3.63, 3.8) is 0 Å². The number of non-ortho nitro benzene ring substituents is 1. The first-order chi connectivity index (χ1) is 9.70. The summed E-state index contributed by atoms with van der Waals surface area (Å²) in [5, 5.41) is 10.6. The van der Waals surface area contributed by atoms with E-state index in [0.717, 1.165) is 38.0 Å². The molecule has 0 radical (unpaired) electrons. The maximum Gasteiger partial charge on any atom is 0.269 e. The van der Waals surface area contributed by atoms with Gasteiger partial charge in [-0.05, 0) is 44.3 Å². The van der Waals surface area contributed by atoms with Gasteiger partial charge in [-0.1, -0.05) is 18.6 Å². The van der Waals surface area contributed by atoms with Crippen molar-refractivity contribution in [1.82, 2.24) is 4.90 Å². The van der Waals surface area contributed by atoms with Crippen LogP contribution in [0.15, 0.2) is 24.3 Å². The Morgan fingerprint density at radius 3 is 2.70 bits per heavy atom. The molecular formula is C15H23N3O2. The van der Waals surface area contributed by atoms with Gasteiger partial charge in [0.05, 0.1) is 4.92 Å². The molecule has 1 saturated heterocycles.